The lowest BCUT2D eigenvalue weighted by Gasteiger charge is -2.37. The van der Waals surface area contributed by atoms with Crippen molar-refractivity contribution in [3.8, 4) is 6.07 Å². The molecule has 26 heavy (non-hydrogen) atoms. The molecular formula is C15H16ClF3N6S. The maximum absolute atomic E-state index is 12.7. The van der Waals surface area contributed by atoms with Crippen LogP contribution >= 0.6 is 23.8 Å². The fourth-order valence-electron chi connectivity index (χ4n) is 2.49. The summed E-state index contributed by atoms with van der Waals surface area (Å²) in [4.78, 5) is 7.67. The number of hydrogen-bond donors (Lipinski definition) is 2. The Bertz CT molecular complexity index is 766. The highest BCUT2D eigenvalue weighted by atomic mass is 35.5. The van der Waals surface area contributed by atoms with Gasteiger partial charge >= 0.3 is 6.18 Å². The van der Waals surface area contributed by atoms with Crippen molar-refractivity contribution < 1.29 is 13.2 Å². The number of nitrogens with zero attached hydrogens (tertiary/aromatic N) is 4. The molecule has 0 amide bonds. The van der Waals surface area contributed by atoms with Crippen LogP contribution in [0.2, 0.25) is 5.02 Å². The topological polar surface area (TPSA) is 81.2 Å². The van der Waals surface area contributed by atoms with Gasteiger partial charge in [0.15, 0.2) is 0 Å². The summed E-state index contributed by atoms with van der Waals surface area (Å²) in [6.07, 6.45) is -3.73. The molecule has 0 spiro atoms. The Kier molecular flexibility index (Phi) is 6.15. The lowest BCUT2D eigenvalue weighted by Crippen LogP contribution is -2.48. The predicted molar refractivity (Wildman–Crippen MR) is 96.5 cm³/mol. The molecule has 2 rings (SSSR count). The molecule has 0 saturated carbocycles. The van der Waals surface area contributed by atoms with Crippen LogP contribution in [0.1, 0.15) is 5.56 Å². The first-order valence-electron chi connectivity index (χ1n) is 7.53. The van der Waals surface area contributed by atoms with Gasteiger partial charge in [0.05, 0.1) is 10.6 Å². The Balaban J connectivity index is 2.13. The number of piperazine rings is 1. The van der Waals surface area contributed by atoms with Crippen molar-refractivity contribution >= 4 is 34.6 Å². The molecule has 0 unspecified atom stereocenters. The molecule has 11 heteroatoms. The highest BCUT2D eigenvalue weighted by molar-refractivity contribution is 7.80. The number of aromatic nitrogens is 1. The first kappa shape index (κ1) is 20.1. The number of anilines is 1. The van der Waals surface area contributed by atoms with Gasteiger partial charge < -0.3 is 20.9 Å². The Morgan fingerprint density at radius 1 is 1.38 bits per heavy atom. The van der Waals surface area contributed by atoms with Gasteiger partial charge in [-0.25, -0.2) is 4.98 Å². The molecule has 1 saturated heterocycles. The molecule has 1 aliphatic heterocycles. The second-order valence-corrected chi connectivity index (χ2v) is 6.27. The number of alkyl halides is 3. The molecule has 0 atom stereocenters. The van der Waals surface area contributed by atoms with Gasteiger partial charge in [0, 0.05) is 39.4 Å². The Morgan fingerprint density at radius 2 is 2.00 bits per heavy atom. The van der Waals surface area contributed by atoms with Crippen molar-refractivity contribution in [1.82, 2.24) is 15.2 Å². The predicted octanol–water partition coefficient (Wildman–Crippen LogP) is 2.12. The minimum Gasteiger partial charge on any atom is -0.384 e. The summed E-state index contributed by atoms with van der Waals surface area (Å²) < 4.78 is 38.1. The molecule has 1 fully saturated rings. The Morgan fingerprint density at radius 3 is 2.46 bits per heavy atom. The average Bonchev–Trinajstić information content (AvgIpc) is 2.61. The van der Waals surface area contributed by atoms with Gasteiger partial charge in [-0.2, -0.15) is 18.4 Å². The number of pyridine rings is 1. The quantitative estimate of drug-likeness (QED) is 0.453. The average molecular weight is 405 g/mol. The lowest BCUT2D eigenvalue weighted by molar-refractivity contribution is -0.137. The molecule has 1 aliphatic rings. The van der Waals surface area contributed by atoms with E-state index in [1.807, 2.05) is 6.07 Å². The van der Waals surface area contributed by atoms with E-state index in [4.69, 9.17) is 29.6 Å². The molecule has 6 nitrogen and oxygen atoms in total. The summed E-state index contributed by atoms with van der Waals surface area (Å²) in [5.41, 5.74) is 5.32. The summed E-state index contributed by atoms with van der Waals surface area (Å²) in [6, 6.07) is 2.84. The third-order valence-electron chi connectivity index (χ3n) is 3.89. The van der Waals surface area contributed by atoms with Crippen LogP contribution in [0.25, 0.3) is 0 Å². The van der Waals surface area contributed by atoms with Gasteiger partial charge in [-0.1, -0.05) is 23.8 Å². The summed E-state index contributed by atoms with van der Waals surface area (Å²) in [5, 5.41) is 11.9. The van der Waals surface area contributed by atoms with E-state index in [0.717, 1.165) is 12.3 Å². The summed E-state index contributed by atoms with van der Waals surface area (Å²) in [5.74, 6) is 0.547. The SMILES string of the molecule is CNC(=S)C(C#N)=C(N)N1CCN(c2ncc(C(F)(F)F)cc2Cl)CC1. The van der Waals surface area contributed by atoms with Gasteiger partial charge in [-0.3, -0.25) is 0 Å². The van der Waals surface area contributed by atoms with Crippen molar-refractivity contribution in [2.45, 2.75) is 6.18 Å². The van der Waals surface area contributed by atoms with E-state index in [1.165, 1.54) is 0 Å². The van der Waals surface area contributed by atoms with E-state index in [9.17, 15) is 18.4 Å². The summed E-state index contributed by atoms with van der Waals surface area (Å²) in [7, 11) is 1.60. The molecule has 0 radical (unpaired) electrons. The van der Waals surface area contributed by atoms with E-state index in [1.54, 1.807) is 16.8 Å². The van der Waals surface area contributed by atoms with E-state index in [-0.39, 0.29) is 27.2 Å². The monoisotopic (exact) mass is 404 g/mol. The highest BCUT2D eigenvalue weighted by Gasteiger charge is 2.32. The summed E-state index contributed by atoms with van der Waals surface area (Å²) >= 11 is 11.0. The highest BCUT2D eigenvalue weighted by Crippen LogP contribution is 2.33. The fourth-order valence-corrected chi connectivity index (χ4v) is 2.92. The molecular weight excluding hydrogens is 389 g/mol. The molecule has 0 aromatic carbocycles. The van der Waals surface area contributed by atoms with Crippen LogP contribution < -0.4 is 16.0 Å². The molecule has 140 valence electrons. The van der Waals surface area contributed by atoms with Crippen molar-refractivity contribution in [3.63, 3.8) is 0 Å². The minimum absolute atomic E-state index is 0.0640. The number of nitrogens with one attached hydrogen (secondary N) is 1. The van der Waals surface area contributed by atoms with Crippen molar-refractivity contribution in [2.24, 2.45) is 5.73 Å². The van der Waals surface area contributed by atoms with Crippen molar-refractivity contribution in [2.75, 3.05) is 38.1 Å². The zero-order valence-corrected chi connectivity index (χ0v) is 15.3. The first-order chi connectivity index (χ1) is 12.2. The summed E-state index contributed by atoms with van der Waals surface area (Å²) in [6.45, 7) is 1.76. The van der Waals surface area contributed by atoms with Crippen LogP contribution in [-0.2, 0) is 6.18 Å². The van der Waals surface area contributed by atoms with Gasteiger partial charge in [-0.05, 0) is 6.07 Å². The van der Waals surface area contributed by atoms with Crippen LogP contribution in [0.15, 0.2) is 23.7 Å². The number of rotatable bonds is 3. The second kappa shape index (κ2) is 7.97. The van der Waals surface area contributed by atoms with Gasteiger partial charge in [-0.15, -0.1) is 0 Å². The lowest BCUT2D eigenvalue weighted by atomic mass is 10.2. The Labute approximate surface area is 159 Å². The normalized spacial score (nSPS) is 16.0. The van der Waals surface area contributed by atoms with Gasteiger partial charge in [0.2, 0.25) is 0 Å². The van der Waals surface area contributed by atoms with Crippen LogP contribution in [0.3, 0.4) is 0 Å². The standard InChI is InChI=1S/C15H16ClF3N6S/c1-22-14(26)10(7-20)12(21)24-2-4-25(5-3-24)13-11(16)6-9(8-23-13)15(17,18)19/h6,8H,2-5,21H2,1H3,(H,22,26). The number of halogens is 4. The fraction of sp³-hybridized carbons (Fsp3) is 0.400. The maximum Gasteiger partial charge on any atom is 0.417 e. The molecule has 0 aliphatic carbocycles. The number of nitrogens with two attached hydrogens (primary N) is 1. The molecule has 3 N–H and O–H groups in total. The Hall–Kier alpha value is -2.25. The van der Waals surface area contributed by atoms with Gasteiger partial charge in [0.25, 0.3) is 0 Å². The second-order valence-electron chi connectivity index (χ2n) is 5.45. The molecule has 2 heterocycles. The van der Waals surface area contributed by atoms with Crippen LogP contribution in [0.5, 0.6) is 0 Å². The number of nitriles is 1. The van der Waals surface area contributed by atoms with Crippen molar-refractivity contribution in [3.05, 3.63) is 34.2 Å². The zero-order valence-electron chi connectivity index (χ0n) is 13.8. The number of hydrogen-bond acceptors (Lipinski definition) is 6. The minimum atomic E-state index is -4.49. The van der Waals surface area contributed by atoms with E-state index >= 15 is 0 Å². The first-order valence-corrected chi connectivity index (χ1v) is 8.32. The van der Waals surface area contributed by atoms with Gasteiger partial charge in [0.1, 0.15) is 28.3 Å². The maximum atomic E-state index is 12.7. The third-order valence-corrected chi connectivity index (χ3v) is 4.58. The van der Waals surface area contributed by atoms with Crippen LogP contribution in [0.4, 0.5) is 19.0 Å². The molecule has 1 aromatic rings. The molecule has 0 bridgehead atoms. The van der Waals surface area contributed by atoms with E-state index < -0.39 is 11.7 Å². The third kappa shape index (κ3) is 4.28. The smallest absolute Gasteiger partial charge is 0.384 e. The van der Waals surface area contributed by atoms with E-state index in [0.29, 0.717) is 26.2 Å². The zero-order chi connectivity index (χ0) is 19.5. The van der Waals surface area contributed by atoms with Crippen LogP contribution in [0, 0.1) is 11.3 Å². The number of thiocarbonyl (C=S) groups is 1. The molecule has 1 aromatic heterocycles. The van der Waals surface area contributed by atoms with E-state index in [2.05, 4.69) is 10.3 Å². The van der Waals surface area contributed by atoms with Crippen molar-refractivity contribution in [1.29, 1.82) is 5.26 Å². The number of likely N-dealkylation sites (N-methyl/N-ethyl adjacent to an activating group) is 1. The largest absolute Gasteiger partial charge is 0.417 e. The van der Waals surface area contributed by atoms with Crippen LogP contribution in [-0.4, -0.2) is 48.1 Å².